The average molecular weight is 383 g/mol. The molecule has 5 rings (SSSR count). The molecule has 2 aliphatic rings. The number of furan rings is 1. The highest BCUT2D eigenvalue weighted by molar-refractivity contribution is 5.85. The number of hydrogen-bond donors (Lipinski definition) is 2. The molecule has 0 saturated heterocycles. The van der Waals surface area contributed by atoms with E-state index in [1.807, 2.05) is 10.7 Å². The van der Waals surface area contributed by atoms with Crippen LogP contribution >= 0.6 is 12.4 Å². The van der Waals surface area contributed by atoms with Crippen molar-refractivity contribution in [1.82, 2.24) is 20.1 Å². The maximum Gasteiger partial charge on any atom is 0.142 e. The number of nitriles is 1. The van der Waals surface area contributed by atoms with Crippen LogP contribution in [0.3, 0.4) is 0 Å². The van der Waals surface area contributed by atoms with Gasteiger partial charge in [-0.25, -0.2) is 4.98 Å². The number of aryl methyl sites for hydroxylation is 2. The van der Waals surface area contributed by atoms with E-state index in [-0.39, 0.29) is 18.2 Å². The van der Waals surface area contributed by atoms with Crippen molar-refractivity contribution in [3.8, 4) is 28.6 Å². The van der Waals surface area contributed by atoms with Crippen LogP contribution < -0.4 is 11.1 Å². The summed E-state index contributed by atoms with van der Waals surface area (Å²) in [6.45, 7) is 2.64. The van der Waals surface area contributed by atoms with Gasteiger partial charge in [0.2, 0.25) is 0 Å². The Labute approximate surface area is 162 Å². The Kier molecular flexibility index (Phi) is 4.38. The predicted molar refractivity (Wildman–Crippen MR) is 103 cm³/mol. The lowest BCUT2D eigenvalue weighted by Crippen LogP contribution is -2.12. The molecule has 0 spiro atoms. The van der Waals surface area contributed by atoms with Crippen molar-refractivity contribution < 1.29 is 4.42 Å². The highest BCUT2D eigenvalue weighted by Crippen LogP contribution is 2.41. The Bertz CT molecular complexity index is 1040. The molecule has 4 heterocycles. The molecule has 0 atom stereocenters. The first-order chi connectivity index (χ1) is 12.8. The normalized spacial score (nSPS) is 14.9. The molecule has 3 aromatic heterocycles. The van der Waals surface area contributed by atoms with Crippen LogP contribution in [0.1, 0.15) is 29.0 Å². The molecule has 7 nitrogen and oxygen atoms in total. The van der Waals surface area contributed by atoms with Crippen molar-refractivity contribution in [1.29, 1.82) is 5.26 Å². The summed E-state index contributed by atoms with van der Waals surface area (Å²) in [5, 5.41) is 17.9. The van der Waals surface area contributed by atoms with E-state index in [0.29, 0.717) is 5.56 Å². The molecular weight excluding hydrogens is 364 g/mol. The maximum atomic E-state index is 9.73. The standard InChI is InChI=1S/C19H18N6O.ClH/c20-9-14-17(15-8-11-10-22-5-1-6-25(11)24-15)13-2-3-16-12(4-7-26-16)18(13)23-19(14)21;/h4,7-8,22H,1-3,5-6,10H2,(H2,21,23);1H. The molecule has 0 unspecified atom stereocenters. The molecule has 0 aromatic carbocycles. The fourth-order valence-electron chi connectivity index (χ4n) is 3.97. The fourth-order valence-corrected chi connectivity index (χ4v) is 3.97. The highest BCUT2D eigenvalue weighted by Gasteiger charge is 2.28. The Balaban J connectivity index is 0.00000180. The number of anilines is 1. The van der Waals surface area contributed by atoms with Crippen molar-refractivity contribution >= 4 is 18.2 Å². The minimum absolute atomic E-state index is 0. The number of nitrogens with zero attached hydrogens (tertiary/aromatic N) is 4. The van der Waals surface area contributed by atoms with Crippen LogP contribution in [0.2, 0.25) is 0 Å². The largest absolute Gasteiger partial charge is 0.469 e. The molecule has 138 valence electrons. The third kappa shape index (κ3) is 2.69. The van der Waals surface area contributed by atoms with Gasteiger partial charge in [0, 0.05) is 30.6 Å². The lowest BCUT2D eigenvalue weighted by molar-refractivity contribution is 0.507. The number of hydrogen-bond acceptors (Lipinski definition) is 6. The zero-order chi connectivity index (χ0) is 17.7. The summed E-state index contributed by atoms with van der Waals surface area (Å²) in [6, 6.07) is 6.23. The van der Waals surface area contributed by atoms with Gasteiger partial charge in [0.05, 0.1) is 23.3 Å². The monoisotopic (exact) mass is 382 g/mol. The minimum Gasteiger partial charge on any atom is -0.469 e. The van der Waals surface area contributed by atoms with Crippen LogP contribution in [0.15, 0.2) is 22.8 Å². The van der Waals surface area contributed by atoms with Gasteiger partial charge in [0.1, 0.15) is 23.2 Å². The lowest BCUT2D eigenvalue weighted by atomic mass is 9.87. The number of nitrogens with two attached hydrogens (primary N) is 1. The summed E-state index contributed by atoms with van der Waals surface area (Å²) in [4.78, 5) is 4.53. The quantitative estimate of drug-likeness (QED) is 0.670. The molecule has 1 aliphatic heterocycles. The highest BCUT2D eigenvalue weighted by atomic mass is 35.5. The smallest absolute Gasteiger partial charge is 0.142 e. The van der Waals surface area contributed by atoms with E-state index in [0.717, 1.165) is 78.4 Å². The van der Waals surface area contributed by atoms with Crippen LogP contribution in [0.25, 0.3) is 22.5 Å². The summed E-state index contributed by atoms with van der Waals surface area (Å²) < 4.78 is 7.59. The van der Waals surface area contributed by atoms with Gasteiger partial charge in [-0.05, 0) is 37.1 Å². The van der Waals surface area contributed by atoms with E-state index in [4.69, 9.17) is 15.2 Å². The Morgan fingerprint density at radius 1 is 1.33 bits per heavy atom. The number of fused-ring (bicyclic) bond motifs is 4. The third-order valence-corrected chi connectivity index (χ3v) is 5.19. The second-order valence-corrected chi connectivity index (χ2v) is 6.72. The summed E-state index contributed by atoms with van der Waals surface area (Å²) >= 11 is 0. The second-order valence-electron chi connectivity index (χ2n) is 6.72. The molecule has 1 aliphatic carbocycles. The van der Waals surface area contributed by atoms with Gasteiger partial charge < -0.3 is 15.5 Å². The van der Waals surface area contributed by atoms with E-state index >= 15 is 0 Å². The van der Waals surface area contributed by atoms with Gasteiger partial charge in [-0.1, -0.05) is 0 Å². The number of nitrogen functional groups attached to an aromatic ring is 1. The maximum absolute atomic E-state index is 9.73. The van der Waals surface area contributed by atoms with Gasteiger partial charge in [0.15, 0.2) is 0 Å². The van der Waals surface area contributed by atoms with Crippen LogP contribution in [0.4, 0.5) is 5.82 Å². The molecule has 8 heteroatoms. The molecular formula is C19H19ClN6O. The number of nitrogens with one attached hydrogen (secondary N) is 1. The number of rotatable bonds is 1. The topological polar surface area (TPSA) is 106 Å². The molecule has 0 bridgehead atoms. The lowest BCUT2D eigenvalue weighted by Gasteiger charge is -2.19. The van der Waals surface area contributed by atoms with E-state index in [1.54, 1.807) is 6.26 Å². The van der Waals surface area contributed by atoms with Gasteiger partial charge in [-0.15, -0.1) is 12.4 Å². The van der Waals surface area contributed by atoms with Crippen molar-refractivity contribution in [3.05, 3.63) is 41.0 Å². The Hall–Kier alpha value is -2.82. The van der Waals surface area contributed by atoms with Gasteiger partial charge in [0.25, 0.3) is 0 Å². The molecule has 0 saturated carbocycles. The second kappa shape index (κ2) is 6.72. The number of aromatic nitrogens is 3. The van der Waals surface area contributed by atoms with Crippen LogP contribution in [-0.4, -0.2) is 21.3 Å². The van der Waals surface area contributed by atoms with Crippen molar-refractivity contribution in [2.45, 2.75) is 32.4 Å². The average Bonchev–Trinajstić information content (AvgIpc) is 3.22. The van der Waals surface area contributed by atoms with Crippen LogP contribution in [0, 0.1) is 11.3 Å². The van der Waals surface area contributed by atoms with Crippen molar-refractivity contribution in [2.75, 3.05) is 12.3 Å². The summed E-state index contributed by atoms with van der Waals surface area (Å²) in [6.07, 6.45) is 4.26. The first-order valence-electron chi connectivity index (χ1n) is 8.83. The number of pyridine rings is 1. The van der Waals surface area contributed by atoms with Gasteiger partial charge in [-0.2, -0.15) is 10.4 Å². The molecule has 0 amide bonds. The number of halogens is 1. The van der Waals surface area contributed by atoms with Gasteiger partial charge in [-0.3, -0.25) is 4.68 Å². The van der Waals surface area contributed by atoms with Crippen molar-refractivity contribution in [2.24, 2.45) is 0 Å². The summed E-state index contributed by atoms with van der Waals surface area (Å²) in [5.41, 5.74) is 12.1. The first kappa shape index (κ1) is 17.6. The summed E-state index contributed by atoms with van der Waals surface area (Å²) in [7, 11) is 0. The fraction of sp³-hybridized carbons (Fsp3) is 0.316. The first-order valence-corrected chi connectivity index (χ1v) is 8.83. The van der Waals surface area contributed by atoms with Gasteiger partial charge >= 0.3 is 0 Å². The Morgan fingerprint density at radius 3 is 3.07 bits per heavy atom. The van der Waals surface area contributed by atoms with E-state index in [9.17, 15) is 5.26 Å². The minimum atomic E-state index is 0. The molecule has 27 heavy (non-hydrogen) atoms. The van der Waals surface area contributed by atoms with E-state index < -0.39 is 0 Å². The third-order valence-electron chi connectivity index (χ3n) is 5.19. The zero-order valence-corrected chi connectivity index (χ0v) is 15.5. The van der Waals surface area contributed by atoms with E-state index in [1.165, 1.54) is 0 Å². The van der Waals surface area contributed by atoms with Crippen LogP contribution in [-0.2, 0) is 25.9 Å². The molecule has 3 N–H and O–H groups in total. The Morgan fingerprint density at radius 2 is 2.22 bits per heavy atom. The van der Waals surface area contributed by atoms with E-state index in [2.05, 4.69) is 22.4 Å². The molecule has 3 aromatic rings. The molecule has 0 fully saturated rings. The molecule has 0 radical (unpaired) electrons. The SMILES string of the molecule is Cl.N#Cc1c(N)nc2c(c1-c1cc3n(n1)CCCNC3)CCc1occc1-2. The van der Waals surface area contributed by atoms with Crippen molar-refractivity contribution in [3.63, 3.8) is 0 Å². The predicted octanol–water partition coefficient (Wildman–Crippen LogP) is 2.67. The van der Waals surface area contributed by atoms with Crippen LogP contribution in [0.5, 0.6) is 0 Å². The zero-order valence-electron chi connectivity index (χ0n) is 14.7. The summed E-state index contributed by atoms with van der Waals surface area (Å²) in [5.74, 6) is 1.17.